The molecule has 0 atom stereocenters. The number of hydrogen-bond donors (Lipinski definition) is 1. The molecule has 1 aliphatic heterocycles. The number of aryl methyl sites for hydroxylation is 3. The van der Waals surface area contributed by atoms with Crippen LogP contribution < -0.4 is 5.32 Å². The van der Waals surface area contributed by atoms with E-state index in [1.165, 1.54) is 28.5 Å². The average molecular weight is 261 g/mol. The zero-order chi connectivity index (χ0) is 13.1. The number of thioether (sulfide) groups is 1. The zero-order valence-corrected chi connectivity index (χ0v) is 11.5. The van der Waals surface area contributed by atoms with Gasteiger partial charge in [-0.1, -0.05) is 17.8 Å². The van der Waals surface area contributed by atoms with Gasteiger partial charge in [0.15, 0.2) is 5.17 Å². The van der Waals surface area contributed by atoms with Crippen LogP contribution in [0.5, 0.6) is 0 Å². The van der Waals surface area contributed by atoms with Crippen molar-refractivity contribution in [3.05, 3.63) is 34.4 Å². The number of carbonyl (C=O) groups is 1. The quantitative estimate of drug-likeness (QED) is 0.655. The second-order valence-electron chi connectivity index (χ2n) is 4.28. The van der Waals surface area contributed by atoms with E-state index < -0.39 is 0 Å². The lowest BCUT2D eigenvalue weighted by atomic mass is 10.0. The summed E-state index contributed by atoms with van der Waals surface area (Å²) < 4.78 is 0. The second kappa shape index (κ2) is 5.35. The fourth-order valence-corrected chi connectivity index (χ4v) is 2.28. The highest BCUT2D eigenvalue weighted by molar-refractivity contribution is 8.15. The van der Waals surface area contributed by atoms with Gasteiger partial charge in [-0.2, -0.15) is 5.10 Å². The summed E-state index contributed by atoms with van der Waals surface area (Å²) in [6.07, 6.45) is 1.72. The minimum atomic E-state index is -0.0173. The standard InChI is InChI=1S/C13H15N3OS/c1-8-4-10(3)11(5-9(8)2)6-14-16-13-15-12(17)7-18-13/h4-6H,7H2,1-3H3,(H,15,16,17)/b14-6+. The van der Waals surface area contributed by atoms with Gasteiger partial charge < -0.3 is 5.32 Å². The van der Waals surface area contributed by atoms with E-state index in [1.54, 1.807) is 6.21 Å². The van der Waals surface area contributed by atoms with E-state index in [1.807, 2.05) is 6.92 Å². The Morgan fingerprint density at radius 1 is 1.22 bits per heavy atom. The largest absolute Gasteiger partial charge is 0.303 e. The van der Waals surface area contributed by atoms with E-state index in [2.05, 4.69) is 41.5 Å². The molecule has 0 spiro atoms. The van der Waals surface area contributed by atoms with Crippen molar-refractivity contribution in [1.29, 1.82) is 0 Å². The lowest BCUT2D eigenvalue weighted by Gasteiger charge is -2.04. The average Bonchev–Trinajstić information content (AvgIpc) is 2.71. The molecule has 1 aliphatic rings. The maximum Gasteiger partial charge on any atom is 0.236 e. The minimum absolute atomic E-state index is 0.0173. The van der Waals surface area contributed by atoms with Crippen LogP contribution in [0.1, 0.15) is 22.3 Å². The molecular weight excluding hydrogens is 246 g/mol. The summed E-state index contributed by atoms with van der Waals surface area (Å²) in [5.41, 5.74) is 4.73. The third kappa shape index (κ3) is 2.98. The molecule has 0 radical (unpaired) electrons. The predicted octanol–water partition coefficient (Wildman–Crippen LogP) is 2.16. The highest BCUT2D eigenvalue weighted by atomic mass is 32.2. The normalized spacial score (nSPS) is 17.7. The van der Waals surface area contributed by atoms with Gasteiger partial charge in [-0.05, 0) is 49.1 Å². The van der Waals surface area contributed by atoms with E-state index in [9.17, 15) is 4.79 Å². The molecule has 4 nitrogen and oxygen atoms in total. The summed E-state index contributed by atoms with van der Waals surface area (Å²) >= 11 is 1.37. The summed E-state index contributed by atoms with van der Waals surface area (Å²) in [7, 11) is 0. The third-order valence-electron chi connectivity index (χ3n) is 2.81. The summed E-state index contributed by atoms with van der Waals surface area (Å²) in [5.74, 6) is 0.410. The lowest BCUT2D eigenvalue weighted by molar-refractivity contribution is -0.116. The van der Waals surface area contributed by atoms with E-state index >= 15 is 0 Å². The first-order chi connectivity index (χ1) is 8.56. The molecule has 1 N–H and O–H groups in total. The Labute approximate surface area is 111 Å². The Morgan fingerprint density at radius 3 is 2.61 bits per heavy atom. The number of benzene rings is 1. The Morgan fingerprint density at radius 2 is 1.94 bits per heavy atom. The molecule has 1 heterocycles. The van der Waals surface area contributed by atoms with Gasteiger partial charge in [-0.15, -0.1) is 5.10 Å². The predicted molar refractivity (Wildman–Crippen MR) is 76.3 cm³/mol. The van der Waals surface area contributed by atoms with Crippen LogP contribution in [0.4, 0.5) is 0 Å². The van der Waals surface area contributed by atoms with E-state index in [0.717, 1.165) is 5.56 Å². The molecule has 0 bridgehead atoms. The van der Waals surface area contributed by atoms with Gasteiger partial charge in [0.25, 0.3) is 0 Å². The highest BCUT2D eigenvalue weighted by Crippen LogP contribution is 2.14. The maximum absolute atomic E-state index is 11.0. The van der Waals surface area contributed by atoms with E-state index in [0.29, 0.717) is 10.9 Å². The van der Waals surface area contributed by atoms with Crippen LogP contribution >= 0.6 is 11.8 Å². The van der Waals surface area contributed by atoms with Gasteiger partial charge in [0.1, 0.15) is 0 Å². The zero-order valence-electron chi connectivity index (χ0n) is 10.7. The number of nitrogens with one attached hydrogen (secondary N) is 1. The van der Waals surface area contributed by atoms with Gasteiger partial charge in [0.05, 0.1) is 12.0 Å². The Balaban J connectivity index is 2.14. The van der Waals surface area contributed by atoms with Gasteiger partial charge in [0, 0.05) is 0 Å². The maximum atomic E-state index is 11.0. The molecule has 18 heavy (non-hydrogen) atoms. The fraction of sp³-hybridized carbons (Fsp3) is 0.308. The molecule has 94 valence electrons. The second-order valence-corrected chi connectivity index (χ2v) is 5.24. The number of carbonyl (C=O) groups excluding carboxylic acids is 1. The van der Waals surface area contributed by atoms with Gasteiger partial charge in [0.2, 0.25) is 5.91 Å². The first kappa shape index (κ1) is 12.8. The number of amidine groups is 1. The summed E-state index contributed by atoms with van der Waals surface area (Å²) in [5, 5.41) is 11.2. The van der Waals surface area contributed by atoms with Crippen molar-refractivity contribution >= 4 is 29.1 Å². The smallest absolute Gasteiger partial charge is 0.236 e. The Hall–Kier alpha value is -1.62. The molecule has 0 aliphatic carbocycles. The van der Waals surface area contributed by atoms with Crippen LogP contribution in [0.15, 0.2) is 22.3 Å². The number of hydrogen-bond acceptors (Lipinski definition) is 4. The molecule has 5 heteroatoms. The Kier molecular flexibility index (Phi) is 3.81. The van der Waals surface area contributed by atoms with Crippen LogP contribution in [0.2, 0.25) is 0 Å². The van der Waals surface area contributed by atoms with Crippen molar-refractivity contribution in [2.75, 3.05) is 5.75 Å². The first-order valence-electron chi connectivity index (χ1n) is 5.68. The number of amides is 1. The van der Waals surface area contributed by atoms with Crippen molar-refractivity contribution in [3.8, 4) is 0 Å². The number of rotatable bonds is 2. The van der Waals surface area contributed by atoms with Crippen molar-refractivity contribution in [1.82, 2.24) is 5.32 Å². The number of nitrogens with zero attached hydrogens (tertiary/aromatic N) is 2. The van der Waals surface area contributed by atoms with Gasteiger partial charge >= 0.3 is 0 Å². The minimum Gasteiger partial charge on any atom is -0.303 e. The summed E-state index contributed by atoms with van der Waals surface area (Å²) in [6, 6.07) is 4.23. The van der Waals surface area contributed by atoms with Crippen LogP contribution in [0.3, 0.4) is 0 Å². The highest BCUT2D eigenvalue weighted by Gasteiger charge is 2.15. The van der Waals surface area contributed by atoms with Crippen molar-refractivity contribution < 1.29 is 4.79 Å². The summed E-state index contributed by atoms with van der Waals surface area (Å²) in [4.78, 5) is 11.0. The monoisotopic (exact) mass is 261 g/mol. The van der Waals surface area contributed by atoms with E-state index in [-0.39, 0.29) is 5.91 Å². The van der Waals surface area contributed by atoms with Gasteiger partial charge in [-0.3, -0.25) is 4.79 Å². The molecule has 1 saturated heterocycles. The van der Waals surface area contributed by atoms with Crippen LogP contribution in [0.25, 0.3) is 0 Å². The fourth-order valence-electron chi connectivity index (χ4n) is 1.64. The van der Waals surface area contributed by atoms with Crippen molar-refractivity contribution in [3.63, 3.8) is 0 Å². The van der Waals surface area contributed by atoms with Crippen LogP contribution in [-0.4, -0.2) is 23.0 Å². The lowest BCUT2D eigenvalue weighted by Crippen LogP contribution is -2.19. The molecule has 1 aromatic rings. The van der Waals surface area contributed by atoms with Crippen molar-refractivity contribution in [2.45, 2.75) is 20.8 Å². The molecule has 1 amide bonds. The third-order valence-corrected chi connectivity index (χ3v) is 3.68. The SMILES string of the molecule is Cc1cc(C)c(/C=N/N=C2/NC(=O)CS2)cc1C. The van der Waals surface area contributed by atoms with Gasteiger partial charge in [-0.25, -0.2) is 0 Å². The summed E-state index contributed by atoms with van der Waals surface area (Å²) in [6.45, 7) is 6.21. The molecule has 0 unspecified atom stereocenters. The Bertz CT molecular complexity index is 549. The first-order valence-corrected chi connectivity index (χ1v) is 6.66. The molecule has 0 aromatic heterocycles. The molecule has 0 saturated carbocycles. The molecule has 1 fully saturated rings. The van der Waals surface area contributed by atoms with Crippen LogP contribution in [0, 0.1) is 20.8 Å². The van der Waals surface area contributed by atoms with Crippen LogP contribution in [-0.2, 0) is 4.79 Å². The topological polar surface area (TPSA) is 53.8 Å². The van der Waals surface area contributed by atoms with Crippen molar-refractivity contribution in [2.24, 2.45) is 10.2 Å². The molecule has 2 rings (SSSR count). The molecular formula is C13H15N3OS. The van der Waals surface area contributed by atoms with E-state index in [4.69, 9.17) is 0 Å². The molecule has 1 aromatic carbocycles.